The fourth-order valence-corrected chi connectivity index (χ4v) is 6.68. The van der Waals surface area contributed by atoms with E-state index >= 15 is 0 Å². The monoisotopic (exact) mass is 933 g/mol. The molecule has 8 atom stereocenters. The average molecular weight is 933 g/mol. The quantitative estimate of drug-likeness (QED) is 0.0397. The van der Waals surface area contributed by atoms with E-state index in [2.05, 4.69) is 37.2 Å². The first-order chi connectivity index (χ1) is 31.1. The fraction of sp³-hybridized carbons (Fsp3) is 0.667. The normalized spacial score (nSPS) is 14.8. The summed E-state index contributed by atoms with van der Waals surface area (Å²) >= 11 is 0. The van der Waals surface area contributed by atoms with E-state index in [9.17, 15) is 53.4 Å². The lowest BCUT2D eigenvalue weighted by Gasteiger charge is -2.28. The summed E-state index contributed by atoms with van der Waals surface area (Å²) in [7, 11) is 0. The van der Waals surface area contributed by atoms with Crippen molar-refractivity contribution in [2.45, 2.75) is 154 Å². The van der Waals surface area contributed by atoms with E-state index in [0.29, 0.717) is 50.8 Å². The Morgan fingerprint density at radius 2 is 1.09 bits per heavy atom. The summed E-state index contributed by atoms with van der Waals surface area (Å²) in [5.41, 5.74) is 17.9. The van der Waals surface area contributed by atoms with Crippen LogP contribution in [0.2, 0.25) is 0 Å². The summed E-state index contributed by atoms with van der Waals surface area (Å²) in [5, 5.41) is 37.2. The number of hydrogen-bond acceptors (Lipinski definition) is 12. The Bertz CT molecular complexity index is 1730. The first-order valence-electron chi connectivity index (χ1n) is 22.9. The molecule has 0 saturated heterocycles. The Kier molecular flexibility index (Phi) is 27.7. The van der Waals surface area contributed by atoms with E-state index in [0.717, 1.165) is 0 Å². The molecule has 1 rings (SSSR count). The maximum Gasteiger partial charge on any atom is 0.326 e. The van der Waals surface area contributed by atoms with Gasteiger partial charge in [-0.15, -0.1) is 0 Å². The van der Waals surface area contributed by atoms with E-state index in [1.165, 1.54) is 0 Å². The van der Waals surface area contributed by atoms with E-state index in [-0.39, 0.29) is 43.9 Å². The third kappa shape index (κ3) is 22.5. The molecule has 372 valence electrons. The molecule has 66 heavy (non-hydrogen) atoms. The zero-order valence-electron chi connectivity index (χ0n) is 39.4. The molecule has 1 aromatic carbocycles. The number of carboxylic acid groups (broad SMARTS) is 2. The van der Waals surface area contributed by atoms with Gasteiger partial charge in [0.25, 0.3) is 0 Å². The number of carbonyl (C=O) groups is 9. The number of aliphatic carboxylic acids is 2. The zero-order valence-corrected chi connectivity index (χ0v) is 39.4. The molecular weight excluding hydrogens is 857 g/mol. The predicted octanol–water partition coefficient (Wildman–Crippen LogP) is -0.463. The molecule has 0 aliphatic rings. The van der Waals surface area contributed by atoms with Crippen LogP contribution in [-0.4, -0.2) is 125 Å². The number of carboxylic acids is 2. The van der Waals surface area contributed by atoms with Crippen molar-refractivity contribution in [2.75, 3.05) is 19.6 Å². The molecule has 0 radical (unpaired) electrons. The van der Waals surface area contributed by atoms with Gasteiger partial charge in [-0.3, -0.25) is 38.4 Å². The molecule has 0 unspecified atom stereocenters. The second-order valence-corrected chi connectivity index (χ2v) is 17.4. The Labute approximate surface area is 388 Å². The Morgan fingerprint density at radius 1 is 0.591 bits per heavy atom. The highest BCUT2D eigenvalue weighted by Gasteiger charge is 2.34. The van der Waals surface area contributed by atoms with Crippen LogP contribution in [0, 0.1) is 17.8 Å². The SMILES string of the molecule is CC[C@H](C)[C@H](NC(=O)CNC(=O)[C@H](CCCCN)NC(=O)[C@H](CC(C)C)NC(=O)[C@H](Cc1ccccc1)NC(=O)[C@H](CCC(=O)O)NC(=O)[C@@H](N)C(C)C)C(=O)N[C@@H](CCCCN)C(=O)O. The van der Waals surface area contributed by atoms with Crippen molar-refractivity contribution in [1.29, 1.82) is 0 Å². The molecule has 0 fully saturated rings. The molecule has 0 saturated carbocycles. The third-order valence-corrected chi connectivity index (χ3v) is 10.9. The van der Waals surface area contributed by atoms with E-state index in [1.54, 1.807) is 58.0 Å². The van der Waals surface area contributed by atoms with Crippen molar-refractivity contribution in [3.05, 3.63) is 35.9 Å². The molecule has 0 aliphatic heterocycles. The summed E-state index contributed by atoms with van der Waals surface area (Å²) in [4.78, 5) is 118. The van der Waals surface area contributed by atoms with Crippen molar-refractivity contribution in [3.63, 3.8) is 0 Å². The van der Waals surface area contributed by atoms with Gasteiger partial charge in [0, 0.05) is 12.8 Å². The van der Waals surface area contributed by atoms with E-state index in [1.807, 2.05) is 13.8 Å². The van der Waals surface area contributed by atoms with Crippen LogP contribution in [0.15, 0.2) is 30.3 Å². The highest BCUT2D eigenvalue weighted by atomic mass is 16.4. The third-order valence-electron chi connectivity index (χ3n) is 10.9. The second kappa shape index (κ2) is 31.3. The van der Waals surface area contributed by atoms with Crippen molar-refractivity contribution >= 4 is 53.3 Å². The zero-order chi connectivity index (χ0) is 49.9. The first-order valence-corrected chi connectivity index (χ1v) is 22.9. The van der Waals surface area contributed by atoms with Crippen LogP contribution < -0.4 is 54.4 Å². The number of nitrogens with two attached hydrogens (primary N) is 3. The van der Waals surface area contributed by atoms with Crippen LogP contribution in [0.4, 0.5) is 0 Å². The van der Waals surface area contributed by atoms with Gasteiger partial charge in [-0.05, 0) is 87.8 Å². The van der Waals surface area contributed by atoms with Gasteiger partial charge in [0.15, 0.2) is 0 Å². The Balaban J connectivity index is 3.33. The maximum atomic E-state index is 14.1. The molecule has 0 aliphatic carbocycles. The lowest BCUT2D eigenvalue weighted by molar-refractivity contribution is -0.142. The minimum Gasteiger partial charge on any atom is -0.481 e. The van der Waals surface area contributed by atoms with Crippen molar-refractivity contribution in [2.24, 2.45) is 35.0 Å². The Hall–Kier alpha value is -5.67. The van der Waals surface area contributed by atoms with E-state index < -0.39 is 114 Å². The average Bonchev–Trinajstić information content (AvgIpc) is 3.26. The van der Waals surface area contributed by atoms with Crippen LogP contribution in [0.25, 0.3) is 0 Å². The molecular formula is C45H76N10O11. The number of rotatable bonds is 33. The van der Waals surface area contributed by atoms with Crippen molar-refractivity contribution in [1.82, 2.24) is 37.2 Å². The minimum absolute atomic E-state index is 0.0554. The molecule has 0 heterocycles. The number of unbranched alkanes of at least 4 members (excludes halogenated alkanes) is 2. The van der Waals surface area contributed by atoms with Crippen LogP contribution >= 0.6 is 0 Å². The maximum absolute atomic E-state index is 14.1. The largest absolute Gasteiger partial charge is 0.481 e. The summed E-state index contributed by atoms with van der Waals surface area (Å²) in [5.74, 6) is -8.53. The van der Waals surface area contributed by atoms with Crippen molar-refractivity contribution < 1.29 is 53.4 Å². The van der Waals surface area contributed by atoms with Gasteiger partial charge in [0.05, 0.1) is 12.6 Å². The summed E-state index contributed by atoms with van der Waals surface area (Å²) in [6.45, 7) is 10.6. The predicted molar refractivity (Wildman–Crippen MR) is 247 cm³/mol. The molecule has 21 heteroatoms. The highest BCUT2D eigenvalue weighted by Crippen LogP contribution is 2.13. The standard InChI is InChI=1S/C45H76N10O11/c1-7-28(6)38(44(64)52-32(45(65)66)18-12-14-22-47)55-35(56)25-49-39(59)30(17-11-13-21-46)50-41(61)33(23-26(2)3)53-42(62)34(24-29-15-9-8-10-16-29)54-40(60)31(19-20-36(57)58)51-43(63)37(48)27(4)5/h8-10,15-16,26-28,30-34,37-38H,7,11-14,17-25,46-48H2,1-6H3,(H,49,59)(H,50,61)(H,51,63)(H,52,64)(H,53,62)(H,54,60)(H,55,56)(H,57,58)(H,65,66)/t28-,30-,31-,32-,33-,34-,37-,38-/m0/s1. The molecule has 1 aromatic rings. The fourth-order valence-electron chi connectivity index (χ4n) is 6.68. The second-order valence-electron chi connectivity index (χ2n) is 17.4. The summed E-state index contributed by atoms with van der Waals surface area (Å²) < 4.78 is 0. The smallest absolute Gasteiger partial charge is 0.326 e. The topological polar surface area (TPSA) is 356 Å². The van der Waals surface area contributed by atoms with Gasteiger partial charge in [0.2, 0.25) is 41.4 Å². The lowest BCUT2D eigenvalue weighted by atomic mass is 9.97. The van der Waals surface area contributed by atoms with Gasteiger partial charge in [-0.1, -0.05) is 78.3 Å². The number of hydrogen-bond donors (Lipinski definition) is 12. The summed E-state index contributed by atoms with van der Waals surface area (Å²) in [6, 6.07) is 0.238. The Morgan fingerprint density at radius 3 is 1.62 bits per heavy atom. The first kappa shape index (κ1) is 58.3. The molecule has 15 N–H and O–H groups in total. The van der Waals surface area contributed by atoms with Gasteiger partial charge in [0.1, 0.15) is 36.3 Å². The number of benzene rings is 1. The molecule has 0 aromatic heterocycles. The summed E-state index contributed by atoms with van der Waals surface area (Å²) in [6.07, 6.45) is 1.91. The van der Waals surface area contributed by atoms with E-state index in [4.69, 9.17) is 17.2 Å². The molecule has 0 spiro atoms. The molecule has 0 bridgehead atoms. The lowest BCUT2D eigenvalue weighted by Crippen LogP contribution is -2.60. The van der Waals surface area contributed by atoms with Crippen LogP contribution in [0.5, 0.6) is 0 Å². The van der Waals surface area contributed by atoms with Gasteiger partial charge < -0.3 is 64.6 Å². The van der Waals surface area contributed by atoms with Crippen LogP contribution in [-0.2, 0) is 49.6 Å². The molecule has 21 nitrogen and oxygen atoms in total. The van der Waals surface area contributed by atoms with Gasteiger partial charge in [-0.2, -0.15) is 0 Å². The minimum atomic E-state index is -1.37. The van der Waals surface area contributed by atoms with Crippen LogP contribution in [0.1, 0.15) is 111 Å². The van der Waals surface area contributed by atoms with Gasteiger partial charge in [-0.25, -0.2) is 4.79 Å². The van der Waals surface area contributed by atoms with Crippen molar-refractivity contribution in [3.8, 4) is 0 Å². The van der Waals surface area contributed by atoms with Crippen LogP contribution in [0.3, 0.4) is 0 Å². The molecule has 7 amide bonds. The number of nitrogens with one attached hydrogen (secondary N) is 7. The number of amides is 7. The number of carbonyl (C=O) groups excluding carboxylic acids is 7. The van der Waals surface area contributed by atoms with Gasteiger partial charge >= 0.3 is 11.9 Å². The highest BCUT2D eigenvalue weighted by molar-refractivity contribution is 5.97.